The first-order valence-corrected chi connectivity index (χ1v) is 9.94. The van der Waals surface area contributed by atoms with Crippen LogP contribution < -0.4 is 10.6 Å². The largest absolute Gasteiger partial charge is 0.370 e. The molecule has 30 heavy (non-hydrogen) atoms. The maximum Gasteiger partial charge on any atom is 0.226 e. The molecule has 1 aliphatic rings. The lowest BCUT2D eigenvalue weighted by molar-refractivity contribution is -0.122. The Morgan fingerprint density at radius 2 is 1.93 bits per heavy atom. The van der Waals surface area contributed by atoms with Gasteiger partial charge in [-0.2, -0.15) is 0 Å². The van der Waals surface area contributed by atoms with Gasteiger partial charge in [0.05, 0.1) is 18.6 Å². The second-order valence-corrected chi connectivity index (χ2v) is 7.45. The van der Waals surface area contributed by atoms with Crippen LogP contribution in [0.5, 0.6) is 0 Å². The molecule has 8 heteroatoms. The van der Waals surface area contributed by atoms with Crippen LogP contribution in [0.3, 0.4) is 0 Å². The highest BCUT2D eigenvalue weighted by Gasteiger charge is 2.31. The highest BCUT2D eigenvalue weighted by Crippen LogP contribution is 2.33. The summed E-state index contributed by atoms with van der Waals surface area (Å²) >= 11 is 0. The van der Waals surface area contributed by atoms with Crippen LogP contribution >= 0.6 is 0 Å². The third-order valence-electron chi connectivity index (χ3n) is 4.92. The van der Waals surface area contributed by atoms with Gasteiger partial charge >= 0.3 is 0 Å². The molecule has 2 aromatic rings. The number of benzene rings is 1. The number of carbonyl (C=O) groups is 2. The van der Waals surface area contributed by atoms with Crippen molar-refractivity contribution in [1.82, 2.24) is 15.6 Å². The first-order valence-electron chi connectivity index (χ1n) is 9.94. The SMILES string of the molecule is CC(=O)N[C@H]1C[C@@H](CCNC(=O)Cc2ccccn2)O[C@@H](c2cc(F)cc(F)c2)C1. The Bertz CT molecular complexity index is 859. The normalized spacial score (nSPS) is 21.1. The number of nitrogens with one attached hydrogen (secondary N) is 2. The highest BCUT2D eigenvalue weighted by molar-refractivity contribution is 5.78. The molecule has 1 saturated heterocycles. The van der Waals surface area contributed by atoms with E-state index in [1.54, 1.807) is 18.3 Å². The minimum absolute atomic E-state index is 0.147. The van der Waals surface area contributed by atoms with Crippen LogP contribution in [0.25, 0.3) is 0 Å². The standard InChI is InChI=1S/C22H25F2N3O3/c1-14(28)27-19-11-20(5-7-26-22(29)13-18-4-2-3-6-25-18)30-21(12-19)15-8-16(23)10-17(24)9-15/h2-4,6,8-10,19-21H,5,7,11-13H2,1H3,(H,26,29)(H,27,28)/t19-,20+,21+/m0/s1. The average Bonchev–Trinajstić information content (AvgIpc) is 2.67. The molecule has 0 aliphatic carbocycles. The summed E-state index contributed by atoms with van der Waals surface area (Å²) in [7, 11) is 0. The molecule has 0 saturated carbocycles. The number of halogens is 2. The summed E-state index contributed by atoms with van der Waals surface area (Å²) < 4.78 is 33.3. The zero-order valence-electron chi connectivity index (χ0n) is 16.7. The average molecular weight is 417 g/mol. The maximum atomic E-state index is 13.6. The summed E-state index contributed by atoms with van der Waals surface area (Å²) in [5.74, 6) is -1.66. The van der Waals surface area contributed by atoms with Gasteiger partial charge in [0.25, 0.3) is 0 Å². The summed E-state index contributed by atoms with van der Waals surface area (Å²) in [6, 6.07) is 8.51. The third kappa shape index (κ3) is 6.59. The van der Waals surface area contributed by atoms with E-state index in [2.05, 4.69) is 15.6 Å². The molecule has 1 fully saturated rings. The van der Waals surface area contributed by atoms with Crippen molar-refractivity contribution in [2.24, 2.45) is 0 Å². The number of hydrogen-bond acceptors (Lipinski definition) is 4. The smallest absolute Gasteiger partial charge is 0.226 e. The van der Waals surface area contributed by atoms with E-state index in [1.165, 1.54) is 19.1 Å². The molecule has 2 heterocycles. The number of amides is 2. The fraction of sp³-hybridized carbons (Fsp3) is 0.409. The van der Waals surface area contributed by atoms with Gasteiger partial charge in [0.2, 0.25) is 11.8 Å². The van der Waals surface area contributed by atoms with Crippen LogP contribution in [-0.2, 0) is 20.7 Å². The molecule has 160 valence electrons. The summed E-state index contributed by atoms with van der Waals surface area (Å²) in [6.45, 7) is 1.81. The Labute approximate surface area is 174 Å². The number of pyridine rings is 1. The second kappa shape index (κ2) is 10.2. The molecule has 1 aromatic heterocycles. The third-order valence-corrected chi connectivity index (χ3v) is 4.92. The van der Waals surface area contributed by atoms with E-state index in [0.29, 0.717) is 37.1 Å². The molecule has 0 spiro atoms. The Balaban J connectivity index is 1.58. The van der Waals surface area contributed by atoms with Crippen LogP contribution in [-0.4, -0.2) is 35.5 Å². The Hall–Kier alpha value is -2.87. The molecule has 0 radical (unpaired) electrons. The van der Waals surface area contributed by atoms with Crippen molar-refractivity contribution in [3.63, 3.8) is 0 Å². The van der Waals surface area contributed by atoms with Crippen molar-refractivity contribution < 1.29 is 23.1 Å². The van der Waals surface area contributed by atoms with Crippen molar-refractivity contribution in [2.45, 2.75) is 50.9 Å². The van der Waals surface area contributed by atoms with E-state index in [-0.39, 0.29) is 30.4 Å². The number of hydrogen-bond donors (Lipinski definition) is 2. The molecular formula is C22H25F2N3O3. The van der Waals surface area contributed by atoms with Crippen LogP contribution in [0.15, 0.2) is 42.6 Å². The molecule has 3 atom stereocenters. The molecule has 1 aliphatic heterocycles. The number of ether oxygens (including phenoxy) is 1. The van der Waals surface area contributed by atoms with Gasteiger partial charge in [0.15, 0.2) is 0 Å². The first-order chi connectivity index (χ1) is 14.4. The summed E-state index contributed by atoms with van der Waals surface area (Å²) in [5, 5.41) is 5.71. The summed E-state index contributed by atoms with van der Waals surface area (Å²) in [6.07, 6.45) is 2.49. The van der Waals surface area contributed by atoms with Gasteiger partial charge in [-0.25, -0.2) is 8.78 Å². The Morgan fingerprint density at radius 3 is 2.60 bits per heavy atom. The predicted octanol–water partition coefficient (Wildman–Crippen LogP) is 2.83. The summed E-state index contributed by atoms with van der Waals surface area (Å²) in [4.78, 5) is 27.7. The van der Waals surface area contributed by atoms with Gasteiger partial charge < -0.3 is 15.4 Å². The van der Waals surface area contributed by atoms with Gasteiger partial charge in [-0.1, -0.05) is 6.07 Å². The number of nitrogens with zero attached hydrogens (tertiary/aromatic N) is 1. The van der Waals surface area contributed by atoms with Gasteiger partial charge in [0, 0.05) is 37.5 Å². The van der Waals surface area contributed by atoms with Gasteiger partial charge in [-0.15, -0.1) is 0 Å². The first kappa shape index (κ1) is 21.8. The minimum atomic E-state index is -0.673. The Kier molecular flexibility index (Phi) is 7.46. The van der Waals surface area contributed by atoms with Crippen LogP contribution in [0.1, 0.15) is 43.5 Å². The fourth-order valence-corrected chi connectivity index (χ4v) is 3.68. The fourth-order valence-electron chi connectivity index (χ4n) is 3.68. The zero-order valence-corrected chi connectivity index (χ0v) is 16.7. The highest BCUT2D eigenvalue weighted by atomic mass is 19.1. The lowest BCUT2D eigenvalue weighted by Crippen LogP contribution is -2.43. The molecule has 0 bridgehead atoms. The lowest BCUT2D eigenvalue weighted by atomic mass is 9.92. The molecule has 2 amide bonds. The van der Waals surface area contributed by atoms with Crippen LogP contribution in [0, 0.1) is 11.6 Å². The minimum Gasteiger partial charge on any atom is -0.370 e. The number of carbonyl (C=O) groups excluding carboxylic acids is 2. The van der Waals surface area contributed by atoms with Gasteiger partial charge in [0.1, 0.15) is 11.6 Å². The second-order valence-electron chi connectivity index (χ2n) is 7.45. The molecule has 1 aromatic carbocycles. The van der Waals surface area contributed by atoms with E-state index >= 15 is 0 Å². The van der Waals surface area contributed by atoms with E-state index < -0.39 is 17.7 Å². The predicted molar refractivity (Wildman–Crippen MR) is 106 cm³/mol. The van der Waals surface area contributed by atoms with Crippen molar-refractivity contribution in [3.05, 3.63) is 65.5 Å². The van der Waals surface area contributed by atoms with Crippen LogP contribution in [0.4, 0.5) is 8.78 Å². The zero-order chi connectivity index (χ0) is 21.5. The molecule has 0 unspecified atom stereocenters. The van der Waals surface area contributed by atoms with Crippen LogP contribution in [0.2, 0.25) is 0 Å². The van der Waals surface area contributed by atoms with E-state index in [0.717, 1.165) is 6.07 Å². The van der Waals surface area contributed by atoms with Gasteiger partial charge in [-0.05, 0) is 49.1 Å². The number of aromatic nitrogens is 1. The van der Waals surface area contributed by atoms with E-state index in [1.807, 2.05) is 6.07 Å². The Morgan fingerprint density at radius 1 is 1.17 bits per heavy atom. The lowest BCUT2D eigenvalue weighted by Gasteiger charge is -2.36. The topological polar surface area (TPSA) is 80.3 Å². The van der Waals surface area contributed by atoms with Gasteiger partial charge in [-0.3, -0.25) is 14.6 Å². The maximum absolute atomic E-state index is 13.6. The van der Waals surface area contributed by atoms with Crippen molar-refractivity contribution in [3.8, 4) is 0 Å². The van der Waals surface area contributed by atoms with E-state index in [9.17, 15) is 18.4 Å². The molecule has 3 rings (SSSR count). The van der Waals surface area contributed by atoms with Crippen molar-refractivity contribution in [2.75, 3.05) is 6.54 Å². The van der Waals surface area contributed by atoms with Crippen molar-refractivity contribution >= 4 is 11.8 Å². The van der Waals surface area contributed by atoms with Crippen molar-refractivity contribution in [1.29, 1.82) is 0 Å². The monoisotopic (exact) mass is 417 g/mol. The molecule has 2 N–H and O–H groups in total. The molecule has 6 nitrogen and oxygen atoms in total. The number of rotatable bonds is 7. The summed E-state index contributed by atoms with van der Waals surface area (Å²) in [5.41, 5.74) is 1.08. The molecular weight excluding hydrogens is 392 g/mol. The quantitative estimate of drug-likeness (QED) is 0.726. The van der Waals surface area contributed by atoms with E-state index in [4.69, 9.17) is 4.74 Å².